The van der Waals surface area contributed by atoms with Crippen LogP contribution in [-0.4, -0.2) is 29.1 Å². The second-order valence-electron chi connectivity index (χ2n) is 5.38. The topological polar surface area (TPSA) is 75.6 Å². The van der Waals surface area contributed by atoms with Gasteiger partial charge in [0.05, 0.1) is 13.0 Å². The molecule has 0 radical (unpaired) electrons. The highest BCUT2D eigenvalue weighted by Crippen LogP contribution is 2.16. The molecule has 1 aromatic carbocycles. The molecular weight excluding hydrogens is 294 g/mol. The molecule has 1 aromatic rings. The first-order valence-corrected chi connectivity index (χ1v) is 7.07. The first-order valence-electron chi connectivity index (χ1n) is 6.70. The van der Waals surface area contributed by atoms with Crippen molar-refractivity contribution in [3.8, 4) is 5.75 Å². The van der Waals surface area contributed by atoms with E-state index in [-0.39, 0.29) is 25.4 Å². The van der Waals surface area contributed by atoms with Crippen molar-refractivity contribution < 1.29 is 19.4 Å². The first kappa shape index (κ1) is 17.3. The SMILES string of the molecule is CC(C)(CCC(=O)O)NC(=O)CCOc1ccc(Cl)cc1. The number of nitrogens with one attached hydrogen (secondary N) is 1. The van der Waals surface area contributed by atoms with Gasteiger partial charge in [0.2, 0.25) is 5.91 Å². The van der Waals surface area contributed by atoms with Crippen molar-refractivity contribution in [1.29, 1.82) is 0 Å². The van der Waals surface area contributed by atoms with E-state index in [4.69, 9.17) is 21.4 Å². The Morgan fingerprint density at radius 2 is 1.86 bits per heavy atom. The number of aliphatic carboxylic acids is 1. The molecule has 0 bridgehead atoms. The van der Waals surface area contributed by atoms with Gasteiger partial charge in [-0.25, -0.2) is 0 Å². The molecule has 21 heavy (non-hydrogen) atoms. The molecule has 0 unspecified atom stereocenters. The molecule has 0 aromatic heterocycles. The second kappa shape index (κ2) is 7.88. The van der Waals surface area contributed by atoms with Gasteiger partial charge in [-0.15, -0.1) is 0 Å². The molecule has 1 amide bonds. The number of carbonyl (C=O) groups is 2. The van der Waals surface area contributed by atoms with E-state index in [2.05, 4.69) is 5.32 Å². The first-order chi connectivity index (χ1) is 9.78. The number of rotatable bonds is 8. The number of ether oxygens (including phenoxy) is 1. The molecule has 2 N–H and O–H groups in total. The van der Waals surface area contributed by atoms with Gasteiger partial charge in [0.1, 0.15) is 5.75 Å². The molecule has 1 rings (SSSR count). The van der Waals surface area contributed by atoms with E-state index in [0.717, 1.165) is 0 Å². The molecule has 0 aliphatic carbocycles. The molecule has 0 heterocycles. The van der Waals surface area contributed by atoms with Crippen LogP contribution in [0.5, 0.6) is 5.75 Å². The summed E-state index contributed by atoms with van der Waals surface area (Å²) in [5.41, 5.74) is -0.546. The van der Waals surface area contributed by atoms with Crippen molar-refractivity contribution in [1.82, 2.24) is 5.32 Å². The predicted octanol–water partition coefficient (Wildman–Crippen LogP) is 2.87. The Hall–Kier alpha value is -1.75. The van der Waals surface area contributed by atoms with Crippen molar-refractivity contribution in [2.24, 2.45) is 0 Å². The molecule has 6 heteroatoms. The summed E-state index contributed by atoms with van der Waals surface area (Å²) in [7, 11) is 0. The number of benzene rings is 1. The lowest BCUT2D eigenvalue weighted by molar-refractivity contribution is -0.137. The van der Waals surface area contributed by atoms with Crippen molar-refractivity contribution in [3.05, 3.63) is 29.3 Å². The number of hydrogen-bond donors (Lipinski definition) is 2. The summed E-state index contributed by atoms with van der Waals surface area (Å²) < 4.78 is 5.43. The molecule has 0 aliphatic rings. The molecule has 0 fully saturated rings. The van der Waals surface area contributed by atoms with E-state index in [9.17, 15) is 9.59 Å². The van der Waals surface area contributed by atoms with Crippen LogP contribution < -0.4 is 10.1 Å². The average Bonchev–Trinajstić information content (AvgIpc) is 2.38. The lowest BCUT2D eigenvalue weighted by atomic mass is 9.98. The normalized spacial score (nSPS) is 11.0. The van der Waals surface area contributed by atoms with Crippen LogP contribution in [0.15, 0.2) is 24.3 Å². The van der Waals surface area contributed by atoms with Crippen molar-refractivity contribution in [2.75, 3.05) is 6.61 Å². The quantitative estimate of drug-likeness (QED) is 0.774. The third kappa shape index (κ3) is 7.56. The Labute approximate surface area is 129 Å². The van der Waals surface area contributed by atoms with Gasteiger partial charge in [0.25, 0.3) is 0 Å². The van der Waals surface area contributed by atoms with Gasteiger partial charge >= 0.3 is 5.97 Å². The Morgan fingerprint density at radius 3 is 2.43 bits per heavy atom. The van der Waals surface area contributed by atoms with E-state index in [1.54, 1.807) is 38.1 Å². The van der Waals surface area contributed by atoms with Gasteiger partial charge in [0.15, 0.2) is 0 Å². The lowest BCUT2D eigenvalue weighted by Crippen LogP contribution is -2.44. The summed E-state index contributed by atoms with van der Waals surface area (Å²) in [5.74, 6) is -0.389. The molecule has 0 saturated carbocycles. The van der Waals surface area contributed by atoms with Crippen LogP contribution >= 0.6 is 11.6 Å². The largest absolute Gasteiger partial charge is 0.493 e. The molecule has 0 atom stereocenters. The van der Waals surface area contributed by atoms with Crippen LogP contribution in [0.4, 0.5) is 0 Å². The molecule has 0 spiro atoms. The second-order valence-corrected chi connectivity index (χ2v) is 5.81. The fourth-order valence-corrected chi connectivity index (χ4v) is 1.84. The van der Waals surface area contributed by atoms with E-state index in [1.165, 1.54) is 0 Å². The number of carboxylic acids is 1. The lowest BCUT2D eigenvalue weighted by Gasteiger charge is -2.25. The maximum atomic E-state index is 11.8. The maximum absolute atomic E-state index is 11.8. The third-order valence-electron chi connectivity index (χ3n) is 2.85. The highest BCUT2D eigenvalue weighted by Gasteiger charge is 2.21. The van der Waals surface area contributed by atoms with Crippen molar-refractivity contribution in [3.63, 3.8) is 0 Å². The standard InChI is InChI=1S/C15H20ClNO4/c1-15(2,9-7-14(19)20)17-13(18)8-10-21-12-5-3-11(16)4-6-12/h3-6H,7-10H2,1-2H3,(H,17,18)(H,19,20). The van der Waals surface area contributed by atoms with Gasteiger partial charge in [-0.05, 0) is 44.5 Å². The highest BCUT2D eigenvalue weighted by atomic mass is 35.5. The van der Waals surface area contributed by atoms with Gasteiger partial charge in [-0.2, -0.15) is 0 Å². The highest BCUT2D eigenvalue weighted by molar-refractivity contribution is 6.30. The van der Waals surface area contributed by atoms with E-state index in [1.807, 2.05) is 0 Å². The number of carbonyl (C=O) groups excluding carboxylic acids is 1. The summed E-state index contributed by atoms with van der Waals surface area (Å²) >= 11 is 5.76. The van der Waals surface area contributed by atoms with Crippen LogP contribution in [0.3, 0.4) is 0 Å². The molecular formula is C15H20ClNO4. The number of carboxylic acid groups (broad SMARTS) is 1. The molecule has 116 valence electrons. The minimum Gasteiger partial charge on any atom is -0.493 e. The number of amides is 1. The monoisotopic (exact) mass is 313 g/mol. The summed E-state index contributed by atoms with van der Waals surface area (Å²) in [5, 5.41) is 12.1. The van der Waals surface area contributed by atoms with Crippen LogP contribution in [0.25, 0.3) is 0 Å². The smallest absolute Gasteiger partial charge is 0.303 e. The van der Waals surface area contributed by atoms with Gasteiger partial charge in [-0.1, -0.05) is 11.6 Å². The number of halogens is 1. The third-order valence-corrected chi connectivity index (χ3v) is 3.11. The summed E-state index contributed by atoms with van der Waals surface area (Å²) in [6.45, 7) is 3.85. The zero-order chi connectivity index (χ0) is 15.9. The van der Waals surface area contributed by atoms with Crippen LogP contribution in [-0.2, 0) is 9.59 Å². The van der Waals surface area contributed by atoms with Gasteiger partial charge in [-0.3, -0.25) is 9.59 Å². The van der Waals surface area contributed by atoms with Crippen LogP contribution in [0.2, 0.25) is 5.02 Å². The van der Waals surface area contributed by atoms with Gasteiger partial charge in [0, 0.05) is 17.0 Å². The zero-order valence-corrected chi connectivity index (χ0v) is 12.9. The van der Waals surface area contributed by atoms with Crippen molar-refractivity contribution in [2.45, 2.75) is 38.6 Å². The van der Waals surface area contributed by atoms with Crippen LogP contribution in [0.1, 0.15) is 33.1 Å². The zero-order valence-electron chi connectivity index (χ0n) is 12.2. The molecule has 5 nitrogen and oxygen atoms in total. The minimum atomic E-state index is -0.872. The van der Waals surface area contributed by atoms with E-state index < -0.39 is 11.5 Å². The fraction of sp³-hybridized carbons (Fsp3) is 0.467. The predicted molar refractivity (Wildman–Crippen MR) is 80.7 cm³/mol. The average molecular weight is 314 g/mol. The Morgan fingerprint density at radius 1 is 1.24 bits per heavy atom. The Balaban J connectivity index is 2.30. The Bertz CT molecular complexity index is 485. The summed E-state index contributed by atoms with van der Waals surface area (Å²) in [4.78, 5) is 22.3. The van der Waals surface area contributed by atoms with Crippen molar-refractivity contribution >= 4 is 23.5 Å². The summed E-state index contributed by atoms with van der Waals surface area (Å²) in [6.07, 6.45) is 0.611. The molecule has 0 aliphatic heterocycles. The van der Waals surface area contributed by atoms with E-state index in [0.29, 0.717) is 17.2 Å². The maximum Gasteiger partial charge on any atom is 0.303 e. The van der Waals surface area contributed by atoms with Crippen LogP contribution in [0, 0.1) is 0 Å². The minimum absolute atomic E-state index is 0.0224. The Kier molecular flexibility index (Phi) is 6.49. The summed E-state index contributed by atoms with van der Waals surface area (Å²) in [6, 6.07) is 6.89. The van der Waals surface area contributed by atoms with Gasteiger partial charge < -0.3 is 15.2 Å². The fourth-order valence-electron chi connectivity index (χ4n) is 1.71. The molecule has 0 saturated heterocycles. The van der Waals surface area contributed by atoms with E-state index >= 15 is 0 Å². The number of hydrogen-bond acceptors (Lipinski definition) is 3.